The lowest BCUT2D eigenvalue weighted by molar-refractivity contribution is 0.686. The standard InChI is InChI=1S/C5H10N4/c1-3-7-4(2)9-5(6)8-3/h3H,1-2H3,(H3,6,7,8,9). The van der Waals surface area contributed by atoms with Crippen molar-refractivity contribution in [1.29, 1.82) is 0 Å². The van der Waals surface area contributed by atoms with Crippen LogP contribution in [-0.2, 0) is 0 Å². The minimum Gasteiger partial charge on any atom is -0.368 e. The molecule has 0 fully saturated rings. The van der Waals surface area contributed by atoms with E-state index in [4.69, 9.17) is 5.73 Å². The molecule has 1 aliphatic rings. The minimum atomic E-state index is 0.0718. The molecular weight excluding hydrogens is 116 g/mol. The molecule has 4 heteroatoms. The Labute approximate surface area is 53.9 Å². The summed E-state index contributed by atoms with van der Waals surface area (Å²) in [5.74, 6) is 1.19. The second-order valence-corrected chi connectivity index (χ2v) is 2.00. The second kappa shape index (κ2) is 2.05. The molecule has 0 aromatic heterocycles. The average molecular weight is 126 g/mol. The van der Waals surface area contributed by atoms with Gasteiger partial charge in [0.2, 0.25) is 5.96 Å². The van der Waals surface area contributed by atoms with Crippen molar-refractivity contribution in [3.63, 3.8) is 0 Å². The predicted molar refractivity (Wildman–Crippen MR) is 37.3 cm³/mol. The highest BCUT2D eigenvalue weighted by Gasteiger charge is 2.05. The van der Waals surface area contributed by atoms with E-state index >= 15 is 0 Å². The second-order valence-electron chi connectivity index (χ2n) is 2.00. The van der Waals surface area contributed by atoms with Gasteiger partial charge in [-0.25, -0.2) is 9.98 Å². The van der Waals surface area contributed by atoms with Crippen molar-refractivity contribution in [1.82, 2.24) is 5.32 Å². The number of nitrogens with zero attached hydrogens (tertiary/aromatic N) is 2. The molecule has 9 heavy (non-hydrogen) atoms. The fraction of sp³-hybridized carbons (Fsp3) is 0.600. The van der Waals surface area contributed by atoms with Crippen LogP contribution < -0.4 is 11.1 Å². The Bertz CT molecular complexity index is 170. The molecule has 0 aliphatic carbocycles. The molecule has 1 aliphatic heterocycles. The van der Waals surface area contributed by atoms with E-state index in [2.05, 4.69) is 15.3 Å². The molecule has 0 saturated heterocycles. The van der Waals surface area contributed by atoms with Gasteiger partial charge in [-0.3, -0.25) is 0 Å². The summed E-state index contributed by atoms with van der Waals surface area (Å²) in [4.78, 5) is 7.80. The summed E-state index contributed by atoms with van der Waals surface area (Å²) in [5, 5.41) is 2.99. The third-order valence-corrected chi connectivity index (χ3v) is 1.03. The Morgan fingerprint density at radius 2 is 2.33 bits per heavy atom. The van der Waals surface area contributed by atoms with Crippen molar-refractivity contribution in [2.24, 2.45) is 15.7 Å². The Morgan fingerprint density at radius 3 is 2.78 bits per heavy atom. The largest absolute Gasteiger partial charge is 0.368 e. The zero-order valence-electron chi connectivity index (χ0n) is 5.55. The molecule has 0 aromatic carbocycles. The Hall–Kier alpha value is -1.06. The van der Waals surface area contributed by atoms with Gasteiger partial charge in [0, 0.05) is 0 Å². The Morgan fingerprint density at radius 1 is 1.67 bits per heavy atom. The van der Waals surface area contributed by atoms with Crippen LogP contribution in [0.1, 0.15) is 13.8 Å². The van der Waals surface area contributed by atoms with Crippen LogP contribution in [0.3, 0.4) is 0 Å². The van der Waals surface area contributed by atoms with Crippen LogP contribution in [0.25, 0.3) is 0 Å². The van der Waals surface area contributed by atoms with Crippen LogP contribution >= 0.6 is 0 Å². The van der Waals surface area contributed by atoms with Gasteiger partial charge in [-0.05, 0) is 13.8 Å². The summed E-state index contributed by atoms with van der Waals surface area (Å²) in [5.41, 5.74) is 5.34. The minimum absolute atomic E-state index is 0.0718. The molecular formula is C5H10N4. The molecule has 1 atom stereocenters. The number of hydrogen-bond acceptors (Lipinski definition) is 4. The van der Waals surface area contributed by atoms with Crippen molar-refractivity contribution in [3.05, 3.63) is 0 Å². The molecule has 50 valence electrons. The molecule has 0 bridgehead atoms. The number of amidine groups is 1. The predicted octanol–water partition coefficient (Wildman–Crippen LogP) is -0.331. The van der Waals surface area contributed by atoms with Crippen molar-refractivity contribution in [2.45, 2.75) is 20.0 Å². The normalized spacial score (nSPS) is 26.2. The molecule has 0 spiro atoms. The highest BCUT2D eigenvalue weighted by atomic mass is 15.2. The molecule has 4 nitrogen and oxygen atoms in total. The summed E-state index contributed by atoms with van der Waals surface area (Å²) in [6, 6.07) is 0. The SMILES string of the molecule is CC1=NC(N)=NC(C)N1. The molecule has 0 amide bonds. The van der Waals surface area contributed by atoms with Gasteiger partial charge >= 0.3 is 0 Å². The van der Waals surface area contributed by atoms with E-state index < -0.39 is 0 Å². The van der Waals surface area contributed by atoms with Crippen LogP contribution in [0.5, 0.6) is 0 Å². The molecule has 0 aromatic rings. The summed E-state index contributed by atoms with van der Waals surface area (Å²) in [7, 11) is 0. The molecule has 3 N–H and O–H groups in total. The fourth-order valence-electron chi connectivity index (χ4n) is 0.766. The third kappa shape index (κ3) is 1.42. The zero-order valence-corrected chi connectivity index (χ0v) is 5.55. The Kier molecular flexibility index (Phi) is 1.38. The van der Waals surface area contributed by atoms with E-state index in [1.165, 1.54) is 0 Å². The first-order valence-corrected chi connectivity index (χ1v) is 2.83. The van der Waals surface area contributed by atoms with E-state index in [1.54, 1.807) is 0 Å². The first kappa shape index (κ1) is 6.07. The average Bonchev–Trinajstić information content (AvgIpc) is 1.59. The quantitative estimate of drug-likeness (QED) is 0.466. The molecule has 1 heterocycles. The zero-order chi connectivity index (χ0) is 6.85. The van der Waals surface area contributed by atoms with Crippen molar-refractivity contribution in [3.8, 4) is 0 Å². The van der Waals surface area contributed by atoms with Gasteiger partial charge in [-0.1, -0.05) is 0 Å². The fourth-order valence-corrected chi connectivity index (χ4v) is 0.766. The van der Waals surface area contributed by atoms with E-state index in [0.717, 1.165) is 5.84 Å². The van der Waals surface area contributed by atoms with E-state index in [-0.39, 0.29) is 6.17 Å². The van der Waals surface area contributed by atoms with Crippen LogP contribution in [0.15, 0.2) is 9.98 Å². The van der Waals surface area contributed by atoms with Gasteiger partial charge in [0.05, 0.1) is 0 Å². The van der Waals surface area contributed by atoms with Crippen molar-refractivity contribution < 1.29 is 0 Å². The number of hydrogen-bond donors (Lipinski definition) is 2. The smallest absolute Gasteiger partial charge is 0.219 e. The maximum Gasteiger partial charge on any atom is 0.219 e. The third-order valence-electron chi connectivity index (χ3n) is 1.03. The van der Waals surface area contributed by atoms with E-state index in [0.29, 0.717) is 5.96 Å². The van der Waals surface area contributed by atoms with Gasteiger partial charge in [0.25, 0.3) is 0 Å². The molecule has 0 saturated carbocycles. The van der Waals surface area contributed by atoms with Crippen molar-refractivity contribution in [2.75, 3.05) is 0 Å². The highest BCUT2D eigenvalue weighted by Crippen LogP contribution is 1.91. The lowest BCUT2D eigenvalue weighted by atomic mass is 10.5. The Balaban J connectivity index is 2.74. The maximum atomic E-state index is 5.34. The lowest BCUT2D eigenvalue weighted by Crippen LogP contribution is -2.36. The monoisotopic (exact) mass is 126 g/mol. The summed E-state index contributed by atoms with van der Waals surface area (Å²) in [6.07, 6.45) is 0.0718. The molecule has 0 radical (unpaired) electrons. The van der Waals surface area contributed by atoms with E-state index in [9.17, 15) is 0 Å². The van der Waals surface area contributed by atoms with Crippen LogP contribution in [-0.4, -0.2) is 18.0 Å². The number of aliphatic imine (C=N–C) groups is 2. The maximum absolute atomic E-state index is 5.34. The van der Waals surface area contributed by atoms with Crippen LogP contribution in [0, 0.1) is 0 Å². The summed E-state index contributed by atoms with van der Waals surface area (Å²) in [6.45, 7) is 3.78. The van der Waals surface area contributed by atoms with Gasteiger partial charge in [0.1, 0.15) is 12.0 Å². The summed E-state index contributed by atoms with van der Waals surface area (Å²) < 4.78 is 0. The first-order valence-electron chi connectivity index (χ1n) is 2.83. The van der Waals surface area contributed by atoms with Gasteiger partial charge in [-0.2, -0.15) is 0 Å². The molecule has 1 rings (SSSR count). The molecule has 1 unspecified atom stereocenters. The highest BCUT2D eigenvalue weighted by molar-refractivity contribution is 5.95. The van der Waals surface area contributed by atoms with Crippen LogP contribution in [0.4, 0.5) is 0 Å². The number of guanidine groups is 1. The van der Waals surface area contributed by atoms with Gasteiger partial charge in [0.15, 0.2) is 0 Å². The first-order chi connectivity index (χ1) is 4.18. The van der Waals surface area contributed by atoms with Crippen molar-refractivity contribution >= 4 is 11.8 Å². The topological polar surface area (TPSA) is 62.8 Å². The number of nitrogens with one attached hydrogen (secondary N) is 1. The summed E-state index contributed by atoms with van der Waals surface area (Å²) >= 11 is 0. The van der Waals surface area contributed by atoms with Crippen LogP contribution in [0.2, 0.25) is 0 Å². The lowest BCUT2D eigenvalue weighted by Gasteiger charge is -2.14. The number of rotatable bonds is 0. The van der Waals surface area contributed by atoms with Gasteiger partial charge in [-0.15, -0.1) is 0 Å². The van der Waals surface area contributed by atoms with Gasteiger partial charge < -0.3 is 11.1 Å². The number of nitrogens with two attached hydrogens (primary N) is 1. The van der Waals surface area contributed by atoms with E-state index in [1.807, 2.05) is 13.8 Å².